The molecule has 2 atom stereocenters. The summed E-state index contributed by atoms with van der Waals surface area (Å²) in [6.07, 6.45) is -0.00926. The highest BCUT2D eigenvalue weighted by Gasteiger charge is 2.58. The summed E-state index contributed by atoms with van der Waals surface area (Å²) >= 11 is 0. The van der Waals surface area contributed by atoms with Crippen LogP contribution in [0.4, 0.5) is 8.78 Å². The zero-order valence-electron chi connectivity index (χ0n) is 4.70. The summed E-state index contributed by atoms with van der Waals surface area (Å²) in [5.74, 6) is -2.98. The van der Waals surface area contributed by atoms with Gasteiger partial charge in [0.15, 0.2) is 0 Å². The van der Waals surface area contributed by atoms with E-state index in [4.69, 9.17) is 5.73 Å². The van der Waals surface area contributed by atoms with Gasteiger partial charge in [-0.1, -0.05) is 0 Å². The third kappa shape index (κ3) is 0.823. The van der Waals surface area contributed by atoms with Crippen LogP contribution >= 0.6 is 0 Å². The van der Waals surface area contributed by atoms with E-state index in [1.807, 2.05) is 0 Å². The predicted octanol–water partition coefficient (Wildman–Crippen LogP) is 0.989. The van der Waals surface area contributed by atoms with Crippen molar-refractivity contribution < 1.29 is 8.78 Å². The molecule has 48 valence electrons. The Labute approximate surface area is 46.9 Å². The van der Waals surface area contributed by atoms with Crippen molar-refractivity contribution in [2.24, 2.45) is 11.7 Å². The van der Waals surface area contributed by atoms with Crippen molar-refractivity contribution in [1.82, 2.24) is 0 Å². The van der Waals surface area contributed by atoms with E-state index in [1.54, 1.807) is 6.92 Å². The molecule has 0 spiro atoms. The lowest BCUT2D eigenvalue weighted by molar-refractivity contribution is 0.0946. The van der Waals surface area contributed by atoms with E-state index in [9.17, 15) is 8.78 Å². The van der Waals surface area contributed by atoms with Gasteiger partial charge in [0.1, 0.15) is 0 Å². The summed E-state index contributed by atoms with van der Waals surface area (Å²) in [5, 5.41) is 0. The Morgan fingerprint density at radius 1 is 1.75 bits per heavy atom. The molecule has 8 heavy (non-hydrogen) atoms. The molecular weight excluding hydrogens is 112 g/mol. The molecule has 0 radical (unpaired) electrons. The maximum atomic E-state index is 12.0. The van der Waals surface area contributed by atoms with Crippen LogP contribution in [0.1, 0.15) is 13.3 Å². The summed E-state index contributed by atoms with van der Waals surface area (Å²) in [7, 11) is 0. The second-order valence-electron chi connectivity index (χ2n) is 2.43. The lowest BCUT2D eigenvalue weighted by atomic mass is 10.2. The van der Waals surface area contributed by atoms with Gasteiger partial charge in [0.2, 0.25) is 0 Å². The van der Waals surface area contributed by atoms with Gasteiger partial charge in [-0.25, -0.2) is 8.78 Å². The van der Waals surface area contributed by atoms with Crippen LogP contribution in [0.2, 0.25) is 0 Å². The number of hydrogen-bond acceptors (Lipinski definition) is 1. The topological polar surface area (TPSA) is 26.0 Å². The van der Waals surface area contributed by atoms with E-state index < -0.39 is 11.8 Å². The van der Waals surface area contributed by atoms with Crippen molar-refractivity contribution in [1.29, 1.82) is 0 Å². The Bertz CT molecular complexity index is 101. The van der Waals surface area contributed by atoms with Crippen molar-refractivity contribution in [2.45, 2.75) is 25.3 Å². The minimum absolute atomic E-state index is 0.00926. The number of rotatable bonds is 1. The fraction of sp³-hybridized carbons (Fsp3) is 1.00. The maximum Gasteiger partial charge on any atom is 0.253 e. The average Bonchev–Trinajstić information content (AvgIpc) is 2.13. The number of nitrogens with two attached hydrogens (primary N) is 1. The summed E-state index contributed by atoms with van der Waals surface area (Å²) < 4.78 is 23.9. The molecule has 1 nitrogen and oxygen atoms in total. The third-order valence-corrected chi connectivity index (χ3v) is 1.51. The van der Waals surface area contributed by atoms with Crippen LogP contribution in [0.15, 0.2) is 0 Å². The molecule has 0 heterocycles. The SMILES string of the molecule is C[C@@H](N)[C@@H]1CC1(F)F. The van der Waals surface area contributed by atoms with Gasteiger partial charge in [0, 0.05) is 18.4 Å². The van der Waals surface area contributed by atoms with Crippen LogP contribution in [-0.2, 0) is 0 Å². The molecular formula is C5H9F2N. The highest BCUT2D eigenvalue weighted by Crippen LogP contribution is 2.49. The van der Waals surface area contributed by atoms with Gasteiger partial charge in [-0.15, -0.1) is 0 Å². The first-order chi connectivity index (χ1) is 3.54. The standard InChI is InChI=1S/C5H9F2N/c1-3(8)4-2-5(4,6)7/h3-4H,2,8H2,1H3/t3-,4+/m1/s1. The Morgan fingerprint density at radius 2 is 2.12 bits per heavy atom. The molecule has 1 fully saturated rings. The number of hydrogen-bond donors (Lipinski definition) is 1. The Balaban J connectivity index is 2.37. The van der Waals surface area contributed by atoms with Gasteiger partial charge in [-0.3, -0.25) is 0 Å². The Morgan fingerprint density at radius 3 is 2.12 bits per heavy atom. The second kappa shape index (κ2) is 1.41. The molecule has 0 aromatic heterocycles. The first-order valence-electron chi connectivity index (χ1n) is 2.67. The van der Waals surface area contributed by atoms with Crippen LogP contribution in [0, 0.1) is 5.92 Å². The molecule has 3 heteroatoms. The molecule has 0 saturated heterocycles. The van der Waals surface area contributed by atoms with Gasteiger partial charge < -0.3 is 5.73 Å². The molecule has 1 aliphatic carbocycles. The lowest BCUT2D eigenvalue weighted by Gasteiger charge is -1.99. The van der Waals surface area contributed by atoms with E-state index in [-0.39, 0.29) is 12.5 Å². The molecule has 2 N–H and O–H groups in total. The molecule has 1 aliphatic rings. The van der Waals surface area contributed by atoms with Crippen LogP contribution < -0.4 is 5.73 Å². The van der Waals surface area contributed by atoms with Gasteiger partial charge in [-0.05, 0) is 6.92 Å². The van der Waals surface area contributed by atoms with Crippen LogP contribution in [0.25, 0.3) is 0 Å². The zero-order chi connectivity index (χ0) is 6.36. The summed E-state index contributed by atoms with van der Waals surface area (Å²) in [5.41, 5.74) is 5.19. The van der Waals surface area contributed by atoms with E-state index in [2.05, 4.69) is 0 Å². The largest absolute Gasteiger partial charge is 0.327 e. The maximum absolute atomic E-state index is 12.0. The average molecular weight is 121 g/mol. The highest BCUT2D eigenvalue weighted by molar-refractivity contribution is 4.99. The van der Waals surface area contributed by atoms with E-state index >= 15 is 0 Å². The van der Waals surface area contributed by atoms with Gasteiger partial charge in [-0.2, -0.15) is 0 Å². The van der Waals surface area contributed by atoms with Crippen LogP contribution in [0.3, 0.4) is 0 Å². The van der Waals surface area contributed by atoms with Crippen molar-refractivity contribution >= 4 is 0 Å². The van der Waals surface area contributed by atoms with E-state index in [1.165, 1.54) is 0 Å². The first-order valence-corrected chi connectivity index (χ1v) is 2.67. The molecule has 0 bridgehead atoms. The molecule has 0 aromatic carbocycles. The number of halogens is 2. The van der Waals surface area contributed by atoms with Crippen LogP contribution in [0.5, 0.6) is 0 Å². The van der Waals surface area contributed by atoms with E-state index in [0.717, 1.165) is 0 Å². The fourth-order valence-corrected chi connectivity index (χ4v) is 0.805. The smallest absolute Gasteiger partial charge is 0.253 e. The third-order valence-electron chi connectivity index (χ3n) is 1.51. The molecule has 0 unspecified atom stereocenters. The molecule has 0 aliphatic heterocycles. The van der Waals surface area contributed by atoms with E-state index in [0.29, 0.717) is 0 Å². The molecule has 1 rings (SSSR count). The van der Waals surface area contributed by atoms with Gasteiger partial charge in [0.05, 0.1) is 0 Å². The molecule has 0 aromatic rings. The summed E-state index contributed by atoms with van der Waals surface area (Å²) in [6.45, 7) is 1.62. The van der Waals surface area contributed by atoms with Crippen molar-refractivity contribution in [3.05, 3.63) is 0 Å². The Kier molecular flexibility index (Phi) is 1.05. The van der Waals surface area contributed by atoms with Crippen LogP contribution in [-0.4, -0.2) is 12.0 Å². The van der Waals surface area contributed by atoms with Gasteiger partial charge in [0.25, 0.3) is 5.92 Å². The zero-order valence-corrected chi connectivity index (χ0v) is 4.70. The second-order valence-corrected chi connectivity index (χ2v) is 2.43. The molecule has 0 amide bonds. The summed E-state index contributed by atoms with van der Waals surface area (Å²) in [6, 6.07) is -0.343. The minimum Gasteiger partial charge on any atom is -0.327 e. The van der Waals surface area contributed by atoms with Crippen molar-refractivity contribution in [2.75, 3.05) is 0 Å². The number of alkyl halides is 2. The summed E-state index contributed by atoms with van der Waals surface area (Å²) in [4.78, 5) is 0. The monoisotopic (exact) mass is 121 g/mol. The Hall–Kier alpha value is -0.180. The normalized spacial score (nSPS) is 36.8. The van der Waals surface area contributed by atoms with Crippen molar-refractivity contribution in [3.8, 4) is 0 Å². The van der Waals surface area contributed by atoms with Crippen molar-refractivity contribution in [3.63, 3.8) is 0 Å². The predicted molar refractivity (Wildman–Crippen MR) is 26.7 cm³/mol. The fourth-order valence-electron chi connectivity index (χ4n) is 0.805. The highest BCUT2D eigenvalue weighted by atomic mass is 19.3. The lowest BCUT2D eigenvalue weighted by Crippen LogP contribution is -2.20. The quantitative estimate of drug-likeness (QED) is 0.550. The molecule has 1 saturated carbocycles. The van der Waals surface area contributed by atoms with Gasteiger partial charge >= 0.3 is 0 Å². The minimum atomic E-state index is -2.44. The first kappa shape index (κ1) is 5.95.